The molecule has 2 heterocycles. The van der Waals surface area contributed by atoms with Crippen LogP contribution in [0.25, 0.3) is 71.8 Å². The van der Waals surface area contributed by atoms with Gasteiger partial charge in [-0.1, -0.05) is 122 Å². The molecule has 0 saturated heterocycles. The monoisotopic (exact) mass is 557 g/mol. The molecular formula is C38H27N3S. The van der Waals surface area contributed by atoms with E-state index in [1.54, 1.807) is 0 Å². The number of allylic oxidation sites excluding steroid dienone is 1. The zero-order chi connectivity index (χ0) is 28.5. The third-order valence-corrected chi connectivity index (χ3v) is 8.60. The highest BCUT2D eigenvalue weighted by Crippen LogP contribution is 2.39. The van der Waals surface area contributed by atoms with Gasteiger partial charge in [-0.2, -0.15) is 0 Å². The van der Waals surface area contributed by atoms with E-state index in [0.29, 0.717) is 17.5 Å². The van der Waals surface area contributed by atoms with Crippen LogP contribution in [0.3, 0.4) is 0 Å². The van der Waals surface area contributed by atoms with E-state index in [4.69, 9.17) is 15.0 Å². The molecule has 0 N–H and O–H groups in total. The molecule has 0 unspecified atom stereocenters. The summed E-state index contributed by atoms with van der Waals surface area (Å²) in [5.41, 5.74) is 7.29. The van der Waals surface area contributed by atoms with E-state index < -0.39 is 0 Å². The van der Waals surface area contributed by atoms with E-state index >= 15 is 0 Å². The Kier molecular flexibility index (Phi) is 6.75. The highest BCUT2D eigenvalue weighted by Gasteiger charge is 2.16. The van der Waals surface area contributed by atoms with E-state index in [2.05, 4.69) is 98.4 Å². The largest absolute Gasteiger partial charge is 0.209 e. The summed E-state index contributed by atoms with van der Waals surface area (Å²) in [6.07, 6.45) is 4.13. The van der Waals surface area contributed by atoms with Gasteiger partial charge in [-0.15, -0.1) is 11.3 Å². The molecule has 0 saturated carbocycles. The van der Waals surface area contributed by atoms with Crippen molar-refractivity contribution in [3.8, 4) is 33.9 Å². The first-order valence-corrected chi connectivity index (χ1v) is 14.7. The van der Waals surface area contributed by atoms with Crippen LogP contribution in [-0.2, 0) is 0 Å². The van der Waals surface area contributed by atoms with Crippen molar-refractivity contribution in [1.29, 1.82) is 0 Å². The Bertz CT molecular complexity index is 2110. The van der Waals surface area contributed by atoms with Crippen molar-refractivity contribution in [1.82, 2.24) is 15.0 Å². The second-order valence-corrected chi connectivity index (χ2v) is 11.2. The van der Waals surface area contributed by atoms with E-state index in [0.717, 1.165) is 39.0 Å². The smallest absolute Gasteiger partial charge is 0.164 e. The molecular weight excluding hydrogens is 531 g/mol. The van der Waals surface area contributed by atoms with Crippen molar-refractivity contribution in [3.63, 3.8) is 0 Å². The molecule has 0 radical (unpaired) electrons. The van der Waals surface area contributed by atoms with Gasteiger partial charge < -0.3 is 0 Å². The molecule has 0 aliphatic rings. The maximum Gasteiger partial charge on any atom is 0.164 e. The summed E-state index contributed by atoms with van der Waals surface area (Å²) >= 11 is 1.81. The number of rotatable bonds is 6. The lowest BCUT2D eigenvalue weighted by Gasteiger charge is -2.12. The molecule has 42 heavy (non-hydrogen) atoms. The van der Waals surface area contributed by atoms with Gasteiger partial charge in [-0.3, -0.25) is 0 Å². The molecule has 7 rings (SSSR count). The fourth-order valence-electron chi connectivity index (χ4n) is 5.44. The van der Waals surface area contributed by atoms with Crippen molar-refractivity contribution in [2.24, 2.45) is 0 Å². The zero-order valence-electron chi connectivity index (χ0n) is 23.2. The molecule has 0 aliphatic heterocycles. The van der Waals surface area contributed by atoms with Gasteiger partial charge in [0.25, 0.3) is 0 Å². The average molecular weight is 558 g/mol. The Labute approximate surface area is 249 Å². The van der Waals surface area contributed by atoms with Gasteiger partial charge >= 0.3 is 0 Å². The summed E-state index contributed by atoms with van der Waals surface area (Å²) in [7, 11) is 0. The van der Waals surface area contributed by atoms with E-state index in [9.17, 15) is 0 Å². The third kappa shape index (κ3) is 4.72. The van der Waals surface area contributed by atoms with Crippen molar-refractivity contribution in [2.75, 3.05) is 0 Å². The number of thiophene rings is 1. The van der Waals surface area contributed by atoms with Gasteiger partial charge in [0.15, 0.2) is 17.5 Å². The summed E-state index contributed by atoms with van der Waals surface area (Å²) in [4.78, 5) is 15.0. The summed E-state index contributed by atoms with van der Waals surface area (Å²) in [5.74, 6) is 1.94. The van der Waals surface area contributed by atoms with E-state index in [1.165, 1.54) is 20.2 Å². The number of fused-ring (bicyclic) bond motifs is 3. The van der Waals surface area contributed by atoms with Crippen LogP contribution in [0.5, 0.6) is 0 Å². The molecule has 0 amide bonds. The lowest BCUT2D eigenvalue weighted by atomic mass is 9.98. The minimum atomic E-state index is 0.645. The van der Waals surface area contributed by atoms with E-state index in [1.807, 2.05) is 59.9 Å². The first kappa shape index (κ1) is 25.8. The fraction of sp³-hybridized carbons (Fsp3) is 0.0263. The quantitative estimate of drug-likeness (QED) is 0.204. The molecule has 4 heteroatoms. The SMILES string of the molecule is C=Cc1c(/C=C(\C)c2nc(-c3ccccc3)nc(-c3ccccc3-c3ccccc3)n2)ccc2sc3ccccc3c12. The predicted molar refractivity (Wildman–Crippen MR) is 179 cm³/mol. The first-order chi connectivity index (χ1) is 20.7. The summed E-state index contributed by atoms with van der Waals surface area (Å²) in [6.45, 7) is 6.26. The Hall–Kier alpha value is -5.19. The molecule has 0 spiro atoms. The Morgan fingerprint density at radius 1 is 0.619 bits per heavy atom. The highest BCUT2D eigenvalue weighted by molar-refractivity contribution is 7.25. The maximum atomic E-state index is 5.05. The minimum Gasteiger partial charge on any atom is -0.209 e. The van der Waals surface area contributed by atoms with Gasteiger partial charge in [0.1, 0.15) is 0 Å². The van der Waals surface area contributed by atoms with Crippen LogP contribution in [-0.4, -0.2) is 15.0 Å². The Morgan fingerprint density at radius 3 is 2.02 bits per heavy atom. The summed E-state index contributed by atoms with van der Waals surface area (Å²) in [6, 6.07) is 41.7. The number of nitrogens with zero attached hydrogens (tertiary/aromatic N) is 3. The van der Waals surface area contributed by atoms with Crippen molar-refractivity contribution >= 4 is 49.2 Å². The fourth-order valence-corrected chi connectivity index (χ4v) is 6.56. The van der Waals surface area contributed by atoms with Gasteiger partial charge in [-0.25, -0.2) is 15.0 Å². The second kappa shape index (κ2) is 11.0. The van der Waals surface area contributed by atoms with Crippen LogP contribution in [0, 0.1) is 0 Å². The predicted octanol–water partition coefficient (Wildman–Crippen LogP) is 10.4. The number of benzene rings is 5. The lowest BCUT2D eigenvalue weighted by Crippen LogP contribution is -2.02. The Balaban J connectivity index is 1.41. The molecule has 3 nitrogen and oxygen atoms in total. The third-order valence-electron chi connectivity index (χ3n) is 7.47. The molecule has 200 valence electrons. The summed E-state index contributed by atoms with van der Waals surface area (Å²) < 4.78 is 2.53. The van der Waals surface area contributed by atoms with Crippen LogP contribution in [0.1, 0.15) is 23.9 Å². The molecule has 0 bridgehead atoms. The van der Waals surface area contributed by atoms with Crippen LogP contribution in [0.2, 0.25) is 0 Å². The van der Waals surface area contributed by atoms with Crippen molar-refractivity contribution in [3.05, 3.63) is 145 Å². The van der Waals surface area contributed by atoms with E-state index in [-0.39, 0.29) is 0 Å². The van der Waals surface area contributed by atoms with Crippen LogP contribution in [0.4, 0.5) is 0 Å². The molecule has 0 fully saturated rings. The lowest BCUT2D eigenvalue weighted by molar-refractivity contribution is 1.03. The first-order valence-electron chi connectivity index (χ1n) is 13.9. The highest BCUT2D eigenvalue weighted by atomic mass is 32.1. The molecule has 0 atom stereocenters. The minimum absolute atomic E-state index is 0.645. The summed E-state index contributed by atoms with van der Waals surface area (Å²) in [5, 5.41) is 2.50. The van der Waals surface area contributed by atoms with Gasteiger partial charge in [0, 0.05) is 31.3 Å². The molecule has 7 aromatic rings. The maximum absolute atomic E-state index is 5.05. The number of hydrogen-bond donors (Lipinski definition) is 0. The average Bonchev–Trinajstić information content (AvgIpc) is 3.44. The van der Waals surface area contributed by atoms with Crippen LogP contribution < -0.4 is 0 Å². The number of aromatic nitrogens is 3. The second-order valence-electron chi connectivity index (χ2n) is 10.2. The van der Waals surface area contributed by atoms with Gasteiger partial charge in [0.2, 0.25) is 0 Å². The van der Waals surface area contributed by atoms with Crippen LogP contribution in [0.15, 0.2) is 128 Å². The van der Waals surface area contributed by atoms with Crippen molar-refractivity contribution in [2.45, 2.75) is 6.92 Å². The molecule has 5 aromatic carbocycles. The van der Waals surface area contributed by atoms with Gasteiger partial charge in [0.05, 0.1) is 0 Å². The molecule has 0 aliphatic carbocycles. The molecule has 2 aromatic heterocycles. The van der Waals surface area contributed by atoms with Gasteiger partial charge in [-0.05, 0) is 53.0 Å². The Morgan fingerprint density at radius 2 is 1.26 bits per heavy atom. The van der Waals surface area contributed by atoms with Crippen LogP contribution >= 0.6 is 11.3 Å². The van der Waals surface area contributed by atoms with Crippen molar-refractivity contribution < 1.29 is 0 Å². The number of hydrogen-bond acceptors (Lipinski definition) is 4. The zero-order valence-corrected chi connectivity index (χ0v) is 24.0. The topological polar surface area (TPSA) is 38.7 Å². The normalized spacial score (nSPS) is 11.7. The standard InChI is InChI=1S/C38H27N3S/c1-3-29-28(22-23-34-35(29)32-20-12-13-21-33(32)42-34)24-25(2)36-39-37(27-16-8-5-9-17-27)41-38(40-36)31-19-11-10-18-30(31)26-14-6-4-7-15-26/h3-24H,1H2,2H3/b25-24+.